The molecule has 0 fully saturated rings. The molecule has 3 rings (SSSR count). The van der Waals surface area contributed by atoms with Gasteiger partial charge in [0.1, 0.15) is 11.9 Å². The Morgan fingerprint density at radius 1 is 0.938 bits per heavy atom. The highest BCUT2D eigenvalue weighted by molar-refractivity contribution is 5.96. The molecular formula is C27H29NO4. The van der Waals surface area contributed by atoms with Crippen LogP contribution in [-0.4, -0.2) is 39.5 Å². The Balaban J connectivity index is 2.11. The lowest BCUT2D eigenvalue weighted by Gasteiger charge is -2.35. The van der Waals surface area contributed by atoms with E-state index in [4.69, 9.17) is 0 Å². The summed E-state index contributed by atoms with van der Waals surface area (Å²) in [5, 5.41) is 20.8. The SMILES string of the molecule is Cc1cccc(C)c1CN(C(=O)c1cccc(O)c1C)[C@@H](Cc1ccccc1)[C@@H](O)C=O. The van der Waals surface area contributed by atoms with E-state index < -0.39 is 12.1 Å². The van der Waals surface area contributed by atoms with E-state index in [-0.39, 0.29) is 18.2 Å². The van der Waals surface area contributed by atoms with Gasteiger partial charge in [0.05, 0.1) is 6.04 Å². The Bertz CT molecular complexity index is 1070. The van der Waals surface area contributed by atoms with Crippen molar-refractivity contribution in [3.8, 4) is 5.75 Å². The maximum absolute atomic E-state index is 13.8. The minimum atomic E-state index is -1.36. The lowest BCUT2D eigenvalue weighted by atomic mass is 9.95. The van der Waals surface area contributed by atoms with Crippen LogP contribution in [0, 0.1) is 20.8 Å². The predicted octanol–water partition coefficient (Wildman–Crippen LogP) is 4.13. The average molecular weight is 432 g/mol. The van der Waals surface area contributed by atoms with E-state index in [2.05, 4.69) is 0 Å². The molecule has 2 N–H and O–H groups in total. The van der Waals surface area contributed by atoms with Crippen molar-refractivity contribution < 1.29 is 19.8 Å². The summed E-state index contributed by atoms with van der Waals surface area (Å²) in [7, 11) is 0. The Morgan fingerprint density at radius 3 is 2.19 bits per heavy atom. The third-order valence-electron chi connectivity index (χ3n) is 5.99. The first-order valence-electron chi connectivity index (χ1n) is 10.7. The number of aliphatic hydroxyl groups excluding tert-OH is 1. The largest absolute Gasteiger partial charge is 0.508 e. The van der Waals surface area contributed by atoms with Gasteiger partial charge in [0.2, 0.25) is 0 Å². The van der Waals surface area contributed by atoms with Gasteiger partial charge in [-0.05, 0) is 61.6 Å². The van der Waals surface area contributed by atoms with Crippen molar-refractivity contribution in [3.05, 3.63) is 100 Å². The molecule has 0 saturated carbocycles. The molecule has 0 spiro atoms. The highest BCUT2D eigenvalue weighted by Gasteiger charge is 2.32. The van der Waals surface area contributed by atoms with E-state index in [1.54, 1.807) is 24.0 Å². The molecule has 5 nitrogen and oxygen atoms in total. The number of aryl methyl sites for hydroxylation is 2. The van der Waals surface area contributed by atoms with E-state index in [1.165, 1.54) is 6.07 Å². The molecule has 32 heavy (non-hydrogen) atoms. The number of nitrogens with zero attached hydrogens (tertiary/aromatic N) is 1. The molecule has 0 unspecified atom stereocenters. The molecule has 0 aliphatic carbocycles. The third kappa shape index (κ3) is 5.06. The molecule has 2 atom stereocenters. The fraction of sp³-hybridized carbons (Fsp3) is 0.259. The van der Waals surface area contributed by atoms with Gasteiger partial charge in [0, 0.05) is 17.7 Å². The minimum absolute atomic E-state index is 0.0263. The van der Waals surface area contributed by atoms with Crippen molar-refractivity contribution in [3.63, 3.8) is 0 Å². The Kier molecular flexibility index (Phi) is 7.44. The summed E-state index contributed by atoms with van der Waals surface area (Å²) in [5.41, 5.74) is 4.72. The first-order chi connectivity index (χ1) is 15.3. The van der Waals surface area contributed by atoms with Crippen molar-refractivity contribution in [2.75, 3.05) is 0 Å². The zero-order valence-corrected chi connectivity index (χ0v) is 18.7. The van der Waals surface area contributed by atoms with Gasteiger partial charge >= 0.3 is 0 Å². The molecular weight excluding hydrogens is 402 g/mol. The number of aliphatic hydroxyl groups is 1. The van der Waals surface area contributed by atoms with E-state index in [0.29, 0.717) is 23.8 Å². The van der Waals surface area contributed by atoms with Gasteiger partial charge in [-0.1, -0.05) is 54.6 Å². The second kappa shape index (κ2) is 10.2. The maximum atomic E-state index is 13.8. The van der Waals surface area contributed by atoms with Crippen molar-refractivity contribution in [1.29, 1.82) is 0 Å². The van der Waals surface area contributed by atoms with Gasteiger partial charge < -0.3 is 19.9 Å². The summed E-state index contributed by atoms with van der Waals surface area (Å²) in [6.07, 6.45) is -0.565. The topological polar surface area (TPSA) is 77.8 Å². The first kappa shape index (κ1) is 23.2. The van der Waals surface area contributed by atoms with Crippen LogP contribution in [0.4, 0.5) is 0 Å². The molecule has 0 radical (unpaired) electrons. The lowest BCUT2D eigenvalue weighted by Crippen LogP contribution is -2.49. The van der Waals surface area contributed by atoms with Crippen LogP contribution in [0.5, 0.6) is 5.75 Å². The Hall–Kier alpha value is -3.44. The van der Waals surface area contributed by atoms with Crippen LogP contribution >= 0.6 is 0 Å². The van der Waals surface area contributed by atoms with Crippen LogP contribution < -0.4 is 0 Å². The number of phenolic OH excluding ortho intramolecular Hbond substituents is 1. The van der Waals surface area contributed by atoms with Gasteiger partial charge in [-0.3, -0.25) is 4.79 Å². The zero-order valence-electron chi connectivity index (χ0n) is 18.7. The highest BCUT2D eigenvalue weighted by atomic mass is 16.3. The van der Waals surface area contributed by atoms with Crippen molar-refractivity contribution in [2.24, 2.45) is 0 Å². The Labute approximate surface area is 189 Å². The summed E-state index contributed by atoms with van der Waals surface area (Å²) < 4.78 is 0. The summed E-state index contributed by atoms with van der Waals surface area (Å²) in [5.74, 6) is -0.318. The van der Waals surface area contributed by atoms with Crippen LogP contribution in [0.3, 0.4) is 0 Å². The number of aromatic hydroxyl groups is 1. The quantitative estimate of drug-likeness (QED) is 0.526. The fourth-order valence-electron chi connectivity index (χ4n) is 3.98. The smallest absolute Gasteiger partial charge is 0.254 e. The van der Waals surface area contributed by atoms with Gasteiger partial charge in [-0.2, -0.15) is 0 Å². The number of phenols is 1. The zero-order chi connectivity index (χ0) is 23.3. The normalized spacial score (nSPS) is 12.8. The van der Waals surface area contributed by atoms with Crippen LogP contribution in [0.25, 0.3) is 0 Å². The number of aldehydes is 1. The van der Waals surface area contributed by atoms with E-state index in [0.717, 1.165) is 22.3 Å². The van der Waals surface area contributed by atoms with Crippen molar-refractivity contribution in [1.82, 2.24) is 4.90 Å². The average Bonchev–Trinajstić information content (AvgIpc) is 2.79. The second-order valence-electron chi connectivity index (χ2n) is 8.14. The lowest BCUT2D eigenvalue weighted by molar-refractivity contribution is -0.117. The second-order valence-corrected chi connectivity index (χ2v) is 8.14. The fourth-order valence-corrected chi connectivity index (χ4v) is 3.98. The van der Waals surface area contributed by atoms with Crippen LogP contribution in [0.2, 0.25) is 0 Å². The van der Waals surface area contributed by atoms with Crippen LogP contribution in [0.1, 0.15) is 38.2 Å². The maximum Gasteiger partial charge on any atom is 0.254 e. The molecule has 0 aromatic heterocycles. The van der Waals surface area contributed by atoms with Gasteiger partial charge in [-0.25, -0.2) is 0 Å². The van der Waals surface area contributed by atoms with Crippen molar-refractivity contribution >= 4 is 12.2 Å². The molecule has 0 saturated heterocycles. The molecule has 3 aromatic rings. The van der Waals surface area contributed by atoms with Gasteiger partial charge in [-0.15, -0.1) is 0 Å². The minimum Gasteiger partial charge on any atom is -0.508 e. The van der Waals surface area contributed by atoms with E-state index in [1.807, 2.05) is 62.4 Å². The molecule has 0 aliphatic heterocycles. The highest BCUT2D eigenvalue weighted by Crippen LogP contribution is 2.26. The molecule has 3 aromatic carbocycles. The van der Waals surface area contributed by atoms with E-state index >= 15 is 0 Å². The summed E-state index contributed by atoms with van der Waals surface area (Å²) >= 11 is 0. The monoisotopic (exact) mass is 431 g/mol. The number of carbonyl (C=O) groups is 2. The molecule has 0 aliphatic rings. The van der Waals surface area contributed by atoms with Crippen LogP contribution in [0.15, 0.2) is 66.7 Å². The van der Waals surface area contributed by atoms with Gasteiger partial charge in [0.15, 0.2) is 6.29 Å². The predicted molar refractivity (Wildman–Crippen MR) is 125 cm³/mol. The number of carbonyl (C=O) groups excluding carboxylic acids is 2. The molecule has 5 heteroatoms. The number of hydrogen-bond donors (Lipinski definition) is 2. The number of rotatable bonds is 8. The number of amides is 1. The van der Waals surface area contributed by atoms with E-state index in [9.17, 15) is 19.8 Å². The third-order valence-corrected chi connectivity index (χ3v) is 5.99. The summed E-state index contributed by atoms with van der Waals surface area (Å²) in [4.78, 5) is 27.0. The Morgan fingerprint density at radius 2 is 1.56 bits per heavy atom. The van der Waals surface area contributed by atoms with Crippen molar-refractivity contribution in [2.45, 2.75) is 45.9 Å². The van der Waals surface area contributed by atoms with Crippen LogP contribution in [-0.2, 0) is 17.8 Å². The standard InChI is InChI=1S/C27H29NO4/c1-18-9-7-10-19(2)23(18)16-28(27(32)22-13-8-14-25(30)20(22)3)24(26(31)17-29)15-21-11-5-4-6-12-21/h4-14,17,24,26,30-31H,15-16H2,1-3H3/t24-,26-/m0/s1. The number of benzene rings is 3. The van der Waals surface area contributed by atoms with Gasteiger partial charge in [0.25, 0.3) is 5.91 Å². The molecule has 166 valence electrons. The number of hydrogen-bond acceptors (Lipinski definition) is 4. The first-order valence-corrected chi connectivity index (χ1v) is 10.7. The summed E-state index contributed by atoms with van der Waals surface area (Å²) in [6, 6.07) is 19.4. The molecule has 1 amide bonds. The molecule has 0 heterocycles. The summed E-state index contributed by atoms with van der Waals surface area (Å²) in [6.45, 7) is 5.87. The molecule has 0 bridgehead atoms.